The van der Waals surface area contributed by atoms with Crippen molar-refractivity contribution < 1.29 is 13.2 Å². The lowest BCUT2D eigenvalue weighted by Crippen LogP contribution is -2.50. The summed E-state index contributed by atoms with van der Waals surface area (Å²) in [5, 5.41) is 2.96. The smallest absolute Gasteiger partial charge is 0.225 e. The Kier molecular flexibility index (Phi) is 4.60. The number of amides is 1. The molecule has 1 N–H and O–H groups in total. The number of rotatable bonds is 3. The maximum atomic E-state index is 13.1. The number of piperidine rings is 1. The van der Waals surface area contributed by atoms with Gasteiger partial charge in [-0.2, -0.15) is 0 Å². The lowest BCUT2D eigenvalue weighted by atomic mass is 10.0. The topological polar surface area (TPSA) is 69.7 Å². The highest BCUT2D eigenvalue weighted by molar-refractivity contribution is 7.89. The first-order valence-electron chi connectivity index (χ1n) is 9.54. The number of hydrogen-bond acceptors (Lipinski definition) is 4. The molecule has 1 amide bonds. The van der Waals surface area contributed by atoms with Crippen molar-refractivity contribution in [2.75, 3.05) is 39.3 Å². The second kappa shape index (κ2) is 6.57. The van der Waals surface area contributed by atoms with Crippen molar-refractivity contribution in [3.63, 3.8) is 0 Å². The maximum absolute atomic E-state index is 13.1. The fourth-order valence-electron chi connectivity index (χ4n) is 5.04. The van der Waals surface area contributed by atoms with E-state index in [2.05, 4.69) is 5.32 Å². The zero-order chi connectivity index (χ0) is 16.7. The van der Waals surface area contributed by atoms with Crippen LogP contribution in [0.3, 0.4) is 0 Å². The molecule has 0 aromatic carbocycles. The van der Waals surface area contributed by atoms with Crippen LogP contribution in [0.1, 0.15) is 38.5 Å². The zero-order valence-electron chi connectivity index (χ0n) is 14.3. The minimum atomic E-state index is -3.28. The number of hydrogen-bond donors (Lipinski definition) is 1. The normalized spacial score (nSPS) is 35.5. The molecule has 6 nitrogen and oxygen atoms in total. The highest BCUT2D eigenvalue weighted by atomic mass is 32.2. The van der Waals surface area contributed by atoms with Gasteiger partial charge in [-0.05, 0) is 50.6 Å². The molecular weight excluding hydrogens is 326 g/mol. The quantitative estimate of drug-likeness (QED) is 0.807. The second-order valence-electron chi connectivity index (χ2n) is 8.07. The highest BCUT2D eigenvalue weighted by Gasteiger charge is 2.45. The van der Waals surface area contributed by atoms with E-state index in [1.165, 1.54) is 0 Å². The predicted molar refractivity (Wildman–Crippen MR) is 91.9 cm³/mol. The fourth-order valence-corrected chi connectivity index (χ4v) is 7.10. The van der Waals surface area contributed by atoms with Gasteiger partial charge in [0, 0.05) is 32.1 Å². The molecule has 0 spiro atoms. The molecule has 24 heavy (non-hydrogen) atoms. The van der Waals surface area contributed by atoms with Crippen molar-refractivity contribution >= 4 is 15.9 Å². The summed E-state index contributed by atoms with van der Waals surface area (Å²) in [7, 11) is -3.28. The average Bonchev–Trinajstić information content (AvgIpc) is 3.30. The summed E-state index contributed by atoms with van der Waals surface area (Å²) < 4.78 is 27.9. The van der Waals surface area contributed by atoms with E-state index in [4.69, 9.17) is 0 Å². The first-order valence-corrected chi connectivity index (χ1v) is 11.0. The Labute approximate surface area is 145 Å². The molecule has 3 aliphatic heterocycles. The van der Waals surface area contributed by atoms with E-state index in [9.17, 15) is 13.2 Å². The predicted octanol–water partition coefficient (Wildman–Crippen LogP) is 0.649. The molecule has 0 aromatic rings. The van der Waals surface area contributed by atoms with Crippen molar-refractivity contribution in [3.05, 3.63) is 0 Å². The van der Waals surface area contributed by atoms with Crippen LogP contribution in [0.15, 0.2) is 0 Å². The van der Waals surface area contributed by atoms with Gasteiger partial charge in [0.25, 0.3) is 0 Å². The summed E-state index contributed by atoms with van der Waals surface area (Å²) in [5.41, 5.74) is 0. The Hall–Kier alpha value is -0.660. The van der Waals surface area contributed by atoms with Crippen LogP contribution in [-0.4, -0.2) is 68.0 Å². The van der Waals surface area contributed by atoms with Crippen molar-refractivity contribution in [1.29, 1.82) is 0 Å². The average molecular weight is 356 g/mol. The molecule has 1 aliphatic carbocycles. The third-order valence-electron chi connectivity index (χ3n) is 6.53. The van der Waals surface area contributed by atoms with Crippen LogP contribution in [0, 0.1) is 17.8 Å². The Morgan fingerprint density at radius 1 is 0.917 bits per heavy atom. The van der Waals surface area contributed by atoms with Crippen molar-refractivity contribution in [2.45, 2.75) is 43.8 Å². The van der Waals surface area contributed by atoms with Crippen LogP contribution >= 0.6 is 0 Å². The van der Waals surface area contributed by atoms with E-state index in [-0.39, 0.29) is 11.8 Å². The molecule has 1 unspecified atom stereocenters. The van der Waals surface area contributed by atoms with E-state index in [0.29, 0.717) is 37.9 Å². The van der Waals surface area contributed by atoms with Crippen LogP contribution in [0.4, 0.5) is 0 Å². The van der Waals surface area contributed by atoms with E-state index < -0.39 is 15.3 Å². The monoisotopic (exact) mass is 355 g/mol. The highest BCUT2D eigenvalue weighted by Crippen LogP contribution is 2.32. The summed E-state index contributed by atoms with van der Waals surface area (Å²) in [6.07, 6.45) is 5.74. The zero-order valence-corrected chi connectivity index (χ0v) is 15.1. The Balaban J connectivity index is 1.42. The molecule has 4 rings (SSSR count). The Morgan fingerprint density at radius 3 is 2.25 bits per heavy atom. The number of carbonyl (C=O) groups excluding carboxylic acids is 1. The summed E-state index contributed by atoms with van der Waals surface area (Å²) in [5.74, 6) is 1.29. The first-order chi connectivity index (χ1) is 11.6. The number of carbonyl (C=O) groups is 1. The molecule has 7 heteroatoms. The molecule has 3 saturated heterocycles. The van der Waals surface area contributed by atoms with Gasteiger partial charge in [-0.3, -0.25) is 4.79 Å². The summed E-state index contributed by atoms with van der Waals surface area (Å²) in [6, 6.07) is 0. The summed E-state index contributed by atoms with van der Waals surface area (Å²) >= 11 is 0. The molecule has 4 aliphatic rings. The number of likely N-dealkylation sites (tertiary alicyclic amines) is 1. The van der Waals surface area contributed by atoms with Gasteiger partial charge in [0.05, 0.1) is 5.25 Å². The van der Waals surface area contributed by atoms with E-state index in [0.717, 1.165) is 51.7 Å². The minimum Gasteiger partial charge on any atom is -0.341 e. The van der Waals surface area contributed by atoms with Crippen LogP contribution in [-0.2, 0) is 14.8 Å². The maximum Gasteiger partial charge on any atom is 0.225 e. The van der Waals surface area contributed by atoms with Crippen molar-refractivity contribution in [2.24, 2.45) is 17.8 Å². The Morgan fingerprint density at radius 2 is 1.58 bits per heavy atom. The molecule has 3 atom stereocenters. The Bertz CT molecular complexity index is 576. The lowest BCUT2D eigenvalue weighted by Gasteiger charge is -2.35. The number of fused-ring (bicyclic) bond motifs is 1. The minimum absolute atomic E-state index is 0.142. The standard InChI is InChI=1S/C17H29N3O3S/c21-17(13-4-1-2-5-13)19-7-3-6-16(12-19)24(22,23)20-10-14-8-18-9-15(14)11-20/h13-16,18H,1-12H2/t14-,15+,16?. The van der Waals surface area contributed by atoms with Gasteiger partial charge in [0.2, 0.25) is 15.9 Å². The SMILES string of the molecule is O=C(C1CCCC1)N1CCCC(S(=O)(=O)N2C[C@H]3CNC[C@H]3C2)C1. The van der Waals surface area contributed by atoms with Crippen LogP contribution < -0.4 is 5.32 Å². The van der Waals surface area contributed by atoms with Gasteiger partial charge in [-0.25, -0.2) is 12.7 Å². The summed E-state index contributed by atoms with van der Waals surface area (Å²) in [4.78, 5) is 14.5. The first kappa shape index (κ1) is 16.8. The van der Waals surface area contributed by atoms with Gasteiger partial charge >= 0.3 is 0 Å². The van der Waals surface area contributed by atoms with E-state index in [1.54, 1.807) is 4.31 Å². The molecule has 0 aromatic heterocycles. The number of nitrogens with one attached hydrogen (secondary N) is 1. The summed E-state index contributed by atoms with van der Waals surface area (Å²) in [6.45, 7) is 4.33. The second-order valence-corrected chi connectivity index (χ2v) is 10.3. The fraction of sp³-hybridized carbons (Fsp3) is 0.941. The molecular formula is C17H29N3O3S. The van der Waals surface area contributed by atoms with Crippen molar-refractivity contribution in [1.82, 2.24) is 14.5 Å². The van der Waals surface area contributed by atoms with Gasteiger partial charge in [0.1, 0.15) is 0 Å². The van der Waals surface area contributed by atoms with E-state index in [1.807, 2.05) is 4.90 Å². The molecule has 3 heterocycles. The van der Waals surface area contributed by atoms with Gasteiger partial charge in [-0.15, -0.1) is 0 Å². The third kappa shape index (κ3) is 2.99. The van der Waals surface area contributed by atoms with Crippen LogP contribution in [0.25, 0.3) is 0 Å². The van der Waals surface area contributed by atoms with Gasteiger partial charge in [-0.1, -0.05) is 12.8 Å². The van der Waals surface area contributed by atoms with Crippen LogP contribution in [0.2, 0.25) is 0 Å². The van der Waals surface area contributed by atoms with Crippen molar-refractivity contribution in [3.8, 4) is 0 Å². The molecule has 0 radical (unpaired) electrons. The molecule has 136 valence electrons. The largest absolute Gasteiger partial charge is 0.341 e. The lowest BCUT2D eigenvalue weighted by molar-refractivity contribution is -0.136. The van der Waals surface area contributed by atoms with Gasteiger partial charge < -0.3 is 10.2 Å². The van der Waals surface area contributed by atoms with E-state index >= 15 is 0 Å². The van der Waals surface area contributed by atoms with Gasteiger partial charge in [0.15, 0.2) is 0 Å². The molecule has 1 saturated carbocycles. The number of nitrogens with zero attached hydrogens (tertiary/aromatic N) is 2. The molecule has 4 fully saturated rings. The third-order valence-corrected chi connectivity index (χ3v) is 8.78. The van der Waals surface area contributed by atoms with Crippen LogP contribution in [0.5, 0.6) is 0 Å². The number of sulfonamides is 1. The molecule has 0 bridgehead atoms.